The van der Waals surface area contributed by atoms with Gasteiger partial charge in [-0.05, 0) is 18.4 Å². The van der Waals surface area contributed by atoms with Crippen molar-refractivity contribution in [2.24, 2.45) is 0 Å². The zero-order valence-corrected chi connectivity index (χ0v) is 10.1. The molecule has 5 heteroatoms. The quantitative estimate of drug-likeness (QED) is 0.851. The maximum atomic E-state index is 10.7. The van der Waals surface area contributed by atoms with Gasteiger partial charge in [-0.2, -0.15) is 0 Å². The zero-order chi connectivity index (χ0) is 11.5. The number of thiazole rings is 1. The van der Waals surface area contributed by atoms with Crippen molar-refractivity contribution in [1.29, 1.82) is 0 Å². The molecule has 0 radical (unpaired) electrons. The number of carboxylic acids is 1. The van der Waals surface area contributed by atoms with Crippen LogP contribution in [0.25, 0.3) is 10.6 Å². The summed E-state index contributed by atoms with van der Waals surface area (Å²) in [6.45, 7) is 0. The third-order valence-corrected chi connectivity index (χ3v) is 3.70. The van der Waals surface area contributed by atoms with Gasteiger partial charge in [0.25, 0.3) is 0 Å². The first-order valence-electron chi connectivity index (χ1n) is 4.54. The van der Waals surface area contributed by atoms with E-state index in [4.69, 9.17) is 5.11 Å². The van der Waals surface area contributed by atoms with E-state index in [0.29, 0.717) is 0 Å². The first kappa shape index (κ1) is 11.2. The third kappa shape index (κ3) is 2.25. The predicted molar refractivity (Wildman–Crippen MR) is 66.3 cm³/mol. The number of aromatic carboxylic acids is 1. The highest BCUT2D eigenvalue weighted by atomic mass is 32.2. The molecule has 0 aliphatic rings. The topological polar surface area (TPSA) is 50.2 Å². The van der Waals surface area contributed by atoms with Gasteiger partial charge in [0.2, 0.25) is 0 Å². The fourth-order valence-corrected chi connectivity index (χ4v) is 2.45. The third-order valence-electron chi connectivity index (χ3n) is 2.06. The van der Waals surface area contributed by atoms with E-state index in [1.165, 1.54) is 16.2 Å². The van der Waals surface area contributed by atoms with Crippen molar-refractivity contribution in [2.75, 3.05) is 6.26 Å². The monoisotopic (exact) mass is 251 g/mol. The van der Waals surface area contributed by atoms with Gasteiger partial charge >= 0.3 is 5.97 Å². The minimum absolute atomic E-state index is 0.106. The highest BCUT2D eigenvalue weighted by Crippen LogP contribution is 2.25. The lowest BCUT2D eigenvalue weighted by atomic mass is 10.2. The van der Waals surface area contributed by atoms with Crippen LogP contribution in [0.4, 0.5) is 0 Å². The molecule has 1 aromatic heterocycles. The zero-order valence-electron chi connectivity index (χ0n) is 8.51. The van der Waals surface area contributed by atoms with Crippen LogP contribution in [-0.4, -0.2) is 22.3 Å². The molecule has 2 aromatic rings. The van der Waals surface area contributed by atoms with Gasteiger partial charge in [-0.1, -0.05) is 12.1 Å². The van der Waals surface area contributed by atoms with E-state index in [1.807, 2.05) is 30.5 Å². The summed E-state index contributed by atoms with van der Waals surface area (Å²) in [5, 5.41) is 11.1. The normalized spacial score (nSPS) is 10.3. The van der Waals surface area contributed by atoms with E-state index in [0.717, 1.165) is 10.6 Å². The van der Waals surface area contributed by atoms with Gasteiger partial charge in [0, 0.05) is 15.8 Å². The van der Waals surface area contributed by atoms with E-state index >= 15 is 0 Å². The molecule has 0 saturated heterocycles. The van der Waals surface area contributed by atoms with Crippen LogP contribution >= 0.6 is 23.1 Å². The lowest BCUT2D eigenvalue weighted by molar-refractivity contribution is 0.0691. The van der Waals surface area contributed by atoms with Crippen LogP contribution in [0.15, 0.2) is 34.5 Å². The summed E-state index contributed by atoms with van der Waals surface area (Å²) < 4.78 is 0. The summed E-state index contributed by atoms with van der Waals surface area (Å²) in [4.78, 5) is 15.9. The maximum absolute atomic E-state index is 10.7. The molecule has 1 aromatic carbocycles. The van der Waals surface area contributed by atoms with Crippen molar-refractivity contribution in [2.45, 2.75) is 4.90 Å². The summed E-state index contributed by atoms with van der Waals surface area (Å²) in [5.74, 6) is -0.983. The maximum Gasteiger partial charge on any atom is 0.355 e. The predicted octanol–water partition coefficient (Wildman–Crippen LogP) is 3.23. The van der Waals surface area contributed by atoms with Gasteiger partial charge in [-0.15, -0.1) is 23.1 Å². The van der Waals surface area contributed by atoms with Crippen LogP contribution in [0, 0.1) is 0 Å². The molecule has 0 amide bonds. The number of benzene rings is 1. The van der Waals surface area contributed by atoms with E-state index < -0.39 is 5.97 Å². The average Bonchev–Trinajstić information content (AvgIpc) is 2.78. The SMILES string of the molecule is CSc1ccc(-c2nc(C(=O)O)cs2)cc1. The Morgan fingerprint density at radius 2 is 2.06 bits per heavy atom. The molecule has 82 valence electrons. The minimum Gasteiger partial charge on any atom is -0.476 e. The van der Waals surface area contributed by atoms with Crippen molar-refractivity contribution >= 4 is 29.1 Å². The number of thioether (sulfide) groups is 1. The number of rotatable bonds is 3. The highest BCUT2D eigenvalue weighted by molar-refractivity contribution is 7.98. The second-order valence-electron chi connectivity index (χ2n) is 3.07. The summed E-state index contributed by atoms with van der Waals surface area (Å²) in [6.07, 6.45) is 2.01. The van der Waals surface area contributed by atoms with Gasteiger partial charge in [0.15, 0.2) is 5.69 Å². The molecular weight excluding hydrogens is 242 g/mol. The summed E-state index contributed by atoms with van der Waals surface area (Å²) in [5.41, 5.74) is 1.06. The van der Waals surface area contributed by atoms with Crippen LogP contribution in [0.5, 0.6) is 0 Å². The van der Waals surface area contributed by atoms with Crippen molar-refractivity contribution < 1.29 is 9.90 Å². The average molecular weight is 251 g/mol. The minimum atomic E-state index is -0.983. The van der Waals surface area contributed by atoms with E-state index in [1.54, 1.807) is 17.1 Å². The second-order valence-corrected chi connectivity index (χ2v) is 4.81. The molecular formula is C11H9NO2S2. The van der Waals surface area contributed by atoms with Crippen molar-refractivity contribution in [3.63, 3.8) is 0 Å². The number of carbonyl (C=O) groups is 1. The molecule has 0 fully saturated rings. The first-order valence-corrected chi connectivity index (χ1v) is 6.64. The molecule has 0 saturated carbocycles. The number of carboxylic acid groups (broad SMARTS) is 1. The summed E-state index contributed by atoms with van der Waals surface area (Å²) in [7, 11) is 0. The molecule has 16 heavy (non-hydrogen) atoms. The number of hydrogen-bond donors (Lipinski definition) is 1. The van der Waals surface area contributed by atoms with Gasteiger partial charge in [0.05, 0.1) is 0 Å². The summed E-state index contributed by atoms with van der Waals surface area (Å²) >= 11 is 3.02. The molecule has 1 heterocycles. The number of hydrogen-bond acceptors (Lipinski definition) is 4. The van der Waals surface area contributed by atoms with Crippen molar-refractivity contribution in [3.05, 3.63) is 35.3 Å². The fourth-order valence-electron chi connectivity index (χ4n) is 1.24. The van der Waals surface area contributed by atoms with Gasteiger partial charge in [-0.3, -0.25) is 0 Å². The first-order chi connectivity index (χ1) is 7.70. The van der Waals surface area contributed by atoms with Gasteiger partial charge < -0.3 is 5.11 Å². The molecule has 3 nitrogen and oxygen atoms in total. The smallest absolute Gasteiger partial charge is 0.355 e. The Hall–Kier alpha value is -1.33. The molecule has 0 unspecified atom stereocenters. The fraction of sp³-hybridized carbons (Fsp3) is 0.0909. The Balaban J connectivity index is 2.31. The second kappa shape index (κ2) is 4.67. The van der Waals surface area contributed by atoms with Crippen LogP contribution in [0.3, 0.4) is 0 Å². The van der Waals surface area contributed by atoms with Crippen molar-refractivity contribution in [3.8, 4) is 10.6 Å². The van der Waals surface area contributed by atoms with Gasteiger partial charge in [-0.25, -0.2) is 9.78 Å². The lowest BCUT2D eigenvalue weighted by Crippen LogP contribution is -1.95. The molecule has 0 spiro atoms. The summed E-state index contributed by atoms with van der Waals surface area (Å²) in [6, 6.07) is 7.91. The van der Waals surface area contributed by atoms with Gasteiger partial charge in [0.1, 0.15) is 5.01 Å². The highest BCUT2D eigenvalue weighted by Gasteiger charge is 2.09. The standard InChI is InChI=1S/C11H9NO2S2/c1-15-8-4-2-7(3-5-8)10-12-9(6-16-10)11(13)14/h2-6H,1H3,(H,13,14). The molecule has 1 N–H and O–H groups in total. The Labute approximate surface area is 101 Å². The van der Waals surface area contributed by atoms with E-state index in [9.17, 15) is 4.79 Å². The Morgan fingerprint density at radius 3 is 2.56 bits per heavy atom. The van der Waals surface area contributed by atoms with E-state index in [2.05, 4.69) is 4.98 Å². The molecule has 2 rings (SSSR count). The Bertz CT molecular complexity index is 505. The van der Waals surface area contributed by atoms with Crippen LogP contribution in [-0.2, 0) is 0 Å². The molecule has 0 bridgehead atoms. The molecule has 0 aliphatic carbocycles. The largest absolute Gasteiger partial charge is 0.476 e. The van der Waals surface area contributed by atoms with Crippen LogP contribution in [0.1, 0.15) is 10.5 Å². The lowest BCUT2D eigenvalue weighted by Gasteiger charge is -1.98. The van der Waals surface area contributed by atoms with E-state index in [-0.39, 0.29) is 5.69 Å². The Morgan fingerprint density at radius 1 is 1.38 bits per heavy atom. The molecule has 0 aliphatic heterocycles. The molecule has 0 atom stereocenters. The number of nitrogens with zero attached hydrogens (tertiary/aromatic N) is 1. The Kier molecular flexibility index (Phi) is 3.26. The number of aromatic nitrogens is 1. The van der Waals surface area contributed by atoms with Crippen LogP contribution in [0.2, 0.25) is 0 Å². The van der Waals surface area contributed by atoms with Crippen molar-refractivity contribution in [1.82, 2.24) is 4.98 Å². The van der Waals surface area contributed by atoms with Crippen LogP contribution < -0.4 is 0 Å².